The molecule has 8 heteroatoms. The molecule has 26 heavy (non-hydrogen) atoms. The lowest BCUT2D eigenvalue weighted by Gasteiger charge is -2.23. The van der Waals surface area contributed by atoms with Gasteiger partial charge in [0.1, 0.15) is 6.54 Å². The fourth-order valence-corrected chi connectivity index (χ4v) is 4.33. The lowest BCUT2D eigenvalue weighted by atomic mass is 10.1. The minimum absolute atomic E-state index is 0.0709. The monoisotopic (exact) mass is 409 g/mol. The molecule has 0 fully saturated rings. The molecule has 5 nitrogen and oxygen atoms in total. The molecule has 1 N–H and O–H groups in total. The first kappa shape index (κ1) is 18.5. The van der Waals surface area contributed by atoms with Crippen LogP contribution < -0.4 is 4.31 Å². The van der Waals surface area contributed by atoms with Crippen molar-refractivity contribution in [2.24, 2.45) is 0 Å². The summed E-state index contributed by atoms with van der Waals surface area (Å²) in [7, 11) is -4.15. The first-order valence-corrected chi connectivity index (χ1v) is 9.67. The summed E-state index contributed by atoms with van der Waals surface area (Å²) in [6, 6.07) is 16.2. The van der Waals surface area contributed by atoms with Gasteiger partial charge in [0.15, 0.2) is 0 Å². The van der Waals surface area contributed by atoms with Gasteiger partial charge in [0.25, 0.3) is 10.0 Å². The molecule has 0 spiro atoms. The number of fused-ring (bicyclic) bond motifs is 1. The van der Waals surface area contributed by atoms with Gasteiger partial charge in [-0.05, 0) is 41.1 Å². The van der Waals surface area contributed by atoms with Crippen LogP contribution in [0.5, 0.6) is 0 Å². The van der Waals surface area contributed by atoms with Crippen LogP contribution in [0.3, 0.4) is 0 Å². The van der Waals surface area contributed by atoms with Crippen molar-refractivity contribution >= 4 is 55.7 Å². The highest BCUT2D eigenvalue weighted by Crippen LogP contribution is 2.30. The van der Waals surface area contributed by atoms with Gasteiger partial charge in [-0.15, -0.1) is 0 Å². The average molecular weight is 410 g/mol. The molecule has 3 rings (SSSR count). The third kappa shape index (κ3) is 3.62. The van der Waals surface area contributed by atoms with Crippen molar-refractivity contribution in [2.45, 2.75) is 4.90 Å². The van der Waals surface area contributed by atoms with E-state index in [1.807, 2.05) is 24.3 Å². The zero-order valence-corrected chi connectivity index (χ0v) is 15.6. The lowest BCUT2D eigenvalue weighted by molar-refractivity contribution is -0.135. The molecule has 0 aliphatic carbocycles. The van der Waals surface area contributed by atoms with Crippen molar-refractivity contribution in [2.75, 3.05) is 10.8 Å². The summed E-state index contributed by atoms with van der Waals surface area (Å²) in [5, 5.41) is 11.2. The summed E-state index contributed by atoms with van der Waals surface area (Å²) in [5.41, 5.74) is 0.247. The van der Waals surface area contributed by atoms with Gasteiger partial charge in [0, 0.05) is 0 Å². The van der Waals surface area contributed by atoms with Crippen LogP contribution >= 0.6 is 23.2 Å². The first-order chi connectivity index (χ1) is 12.3. The highest BCUT2D eigenvalue weighted by Gasteiger charge is 2.27. The summed E-state index contributed by atoms with van der Waals surface area (Å²) in [4.78, 5) is 11.2. The highest BCUT2D eigenvalue weighted by atomic mass is 35.5. The van der Waals surface area contributed by atoms with Crippen LogP contribution in [0.4, 0.5) is 5.69 Å². The number of rotatable bonds is 5. The summed E-state index contributed by atoms with van der Waals surface area (Å²) in [5.74, 6) is -1.28. The molecular weight excluding hydrogens is 397 g/mol. The molecule has 0 heterocycles. The van der Waals surface area contributed by atoms with Crippen LogP contribution in [0.1, 0.15) is 0 Å². The fraction of sp³-hybridized carbons (Fsp3) is 0.0556. The van der Waals surface area contributed by atoms with Gasteiger partial charge in [-0.1, -0.05) is 53.5 Å². The van der Waals surface area contributed by atoms with E-state index < -0.39 is 22.5 Å². The number of nitrogens with zero attached hydrogens (tertiary/aromatic N) is 1. The Labute approximate surface area is 160 Å². The number of carboxylic acids is 1. The Hall–Kier alpha value is -2.28. The quantitative estimate of drug-likeness (QED) is 0.676. The Morgan fingerprint density at radius 1 is 0.923 bits per heavy atom. The van der Waals surface area contributed by atoms with E-state index in [4.69, 9.17) is 23.2 Å². The van der Waals surface area contributed by atoms with E-state index in [1.54, 1.807) is 18.2 Å². The maximum Gasteiger partial charge on any atom is 0.324 e. The van der Waals surface area contributed by atoms with Gasteiger partial charge in [-0.3, -0.25) is 9.10 Å². The van der Waals surface area contributed by atoms with Crippen molar-refractivity contribution in [3.05, 3.63) is 70.7 Å². The predicted molar refractivity (Wildman–Crippen MR) is 103 cm³/mol. The molecular formula is C18H13Cl2NO4S. The zero-order valence-electron chi connectivity index (χ0n) is 13.3. The number of carbonyl (C=O) groups is 1. The van der Waals surface area contributed by atoms with Crippen LogP contribution in [0, 0.1) is 0 Å². The minimum Gasteiger partial charge on any atom is -0.480 e. The molecule has 0 saturated carbocycles. The summed E-state index contributed by atoms with van der Waals surface area (Å²) in [6.45, 7) is -0.721. The number of sulfonamides is 1. The number of hydrogen-bond donors (Lipinski definition) is 1. The standard InChI is InChI=1S/C18H13Cl2NO4S/c19-16-8-7-15(10-17(16)20)26(24,25)21(11-18(22)23)14-6-5-12-3-1-2-4-13(12)9-14/h1-10H,11H2,(H,22,23). The second-order valence-corrected chi connectivity index (χ2v) is 8.19. The topological polar surface area (TPSA) is 74.7 Å². The van der Waals surface area contributed by atoms with E-state index in [-0.39, 0.29) is 20.6 Å². The van der Waals surface area contributed by atoms with Gasteiger partial charge < -0.3 is 5.11 Å². The minimum atomic E-state index is -4.15. The number of benzene rings is 3. The number of aliphatic carboxylic acids is 1. The maximum absolute atomic E-state index is 13.0. The molecule has 134 valence electrons. The molecule has 0 saturated heterocycles. The van der Waals surface area contributed by atoms with Gasteiger partial charge in [0.05, 0.1) is 20.6 Å². The largest absolute Gasteiger partial charge is 0.480 e. The van der Waals surface area contributed by atoms with Crippen LogP contribution in [0.2, 0.25) is 10.0 Å². The van der Waals surface area contributed by atoms with Gasteiger partial charge >= 0.3 is 5.97 Å². The molecule has 0 aromatic heterocycles. The highest BCUT2D eigenvalue weighted by molar-refractivity contribution is 7.92. The Balaban J connectivity index is 2.14. The van der Waals surface area contributed by atoms with Gasteiger partial charge in [-0.2, -0.15) is 0 Å². The van der Waals surface area contributed by atoms with Crippen molar-refractivity contribution in [1.29, 1.82) is 0 Å². The zero-order chi connectivity index (χ0) is 18.9. The van der Waals surface area contributed by atoms with Crippen LogP contribution in [-0.4, -0.2) is 26.0 Å². The molecule has 0 unspecified atom stereocenters. The summed E-state index contributed by atoms with van der Waals surface area (Å²) >= 11 is 11.8. The second kappa shape index (κ2) is 7.15. The van der Waals surface area contributed by atoms with E-state index in [2.05, 4.69) is 0 Å². The molecule has 3 aromatic rings. The smallest absolute Gasteiger partial charge is 0.324 e. The number of carboxylic acid groups (broad SMARTS) is 1. The van der Waals surface area contributed by atoms with Crippen LogP contribution in [0.15, 0.2) is 65.6 Å². The predicted octanol–water partition coefficient (Wildman–Crippen LogP) is 4.43. The number of halogens is 2. The van der Waals surface area contributed by atoms with Crippen molar-refractivity contribution in [1.82, 2.24) is 0 Å². The third-order valence-electron chi connectivity index (χ3n) is 3.78. The lowest BCUT2D eigenvalue weighted by Crippen LogP contribution is -2.35. The Kier molecular flexibility index (Phi) is 5.09. The van der Waals surface area contributed by atoms with E-state index in [0.717, 1.165) is 15.1 Å². The Bertz CT molecular complexity index is 1100. The summed E-state index contributed by atoms with van der Waals surface area (Å²) < 4.78 is 26.9. The number of hydrogen-bond acceptors (Lipinski definition) is 3. The Morgan fingerprint density at radius 3 is 2.27 bits per heavy atom. The Morgan fingerprint density at radius 2 is 1.62 bits per heavy atom. The van der Waals surface area contributed by atoms with Gasteiger partial charge in [-0.25, -0.2) is 8.42 Å². The summed E-state index contributed by atoms with van der Waals surface area (Å²) in [6.07, 6.45) is 0. The van der Waals surface area contributed by atoms with Crippen LogP contribution in [0.25, 0.3) is 10.8 Å². The maximum atomic E-state index is 13.0. The third-order valence-corrected chi connectivity index (χ3v) is 6.29. The number of anilines is 1. The molecule has 0 radical (unpaired) electrons. The SMILES string of the molecule is O=C(O)CN(c1ccc2ccccc2c1)S(=O)(=O)c1ccc(Cl)c(Cl)c1. The molecule has 3 aromatic carbocycles. The fourth-order valence-electron chi connectivity index (χ4n) is 2.53. The molecule has 0 bridgehead atoms. The van der Waals surface area contributed by atoms with E-state index in [1.165, 1.54) is 18.2 Å². The second-order valence-electron chi connectivity index (χ2n) is 5.51. The van der Waals surface area contributed by atoms with E-state index in [9.17, 15) is 18.3 Å². The van der Waals surface area contributed by atoms with Crippen molar-refractivity contribution < 1.29 is 18.3 Å². The first-order valence-electron chi connectivity index (χ1n) is 7.47. The molecule has 0 atom stereocenters. The van der Waals surface area contributed by atoms with Gasteiger partial charge in [0.2, 0.25) is 0 Å². The van der Waals surface area contributed by atoms with Crippen LogP contribution in [-0.2, 0) is 14.8 Å². The molecule has 0 amide bonds. The average Bonchev–Trinajstić information content (AvgIpc) is 2.61. The van der Waals surface area contributed by atoms with Crippen molar-refractivity contribution in [3.8, 4) is 0 Å². The molecule has 0 aliphatic heterocycles. The van der Waals surface area contributed by atoms with E-state index >= 15 is 0 Å². The van der Waals surface area contributed by atoms with E-state index in [0.29, 0.717) is 0 Å². The normalized spacial score (nSPS) is 11.5. The van der Waals surface area contributed by atoms with Crippen molar-refractivity contribution in [3.63, 3.8) is 0 Å². The molecule has 0 aliphatic rings.